The molecule has 0 aliphatic heterocycles. The molecule has 0 amide bonds. The molecular formula is C12H16O4. The number of carboxylic acids is 1. The second-order valence-electron chi connectivity index (χ2n) is 3.63. The molecule has 0 heterocycles. The number of hydrogen-bond acceptors (Lipinski definition) is 3. The first kappa shape index (κ1) is 12.7. The average Bonchev–Trinajstić information content (AvgIpc) is 2.26. The molecule has 0 unspecified atom stereocenters. The number of benzene rings is 1. The van der Waals surface area contributed by atoms with Crippen LogP contribution in [-0.2, 0) is 16.0 Å². The Morgan fingerprint density at radius 1 is 1.38 bits per heavy atom. The van der Waals surface area contributed by atoms with Gasteiger partial charge in [-0.3, -0.25) is 4.79 Å². The molecule has 0 aliphatic rings. The van der Waals surface area contributed by atoms with Gasteiger partial charge in [-0.05, 0) is 5.56 Å². The molecule has 4 heteroatoms. The second kappa shape index (κ2) is 6.25. The molecule has 0 aliphatic carbocycles. The van der Waals surface area contributed by atoms with Crippen LogP contribution < -0.4 is 0 Å². The van der Waals surface area contributed by atoms with Crippen molar-refractivity contribution in [1.29, 1.82) is 0 Å². The number of aliphatic carboxylic acids is 1. The number of ether oxygens (including phenoxy) is 1. The fourth-order valence-corrected chi connectivity index (χ4v) is 1.53. The van der Waals surface area contributed by atoms with Crippen molar-refractivity contribution in [1.82, 2.24) is 0 Å². The number of carbonyl (C=O) groups is 1. The van der Waals surface area contributed by atoms with E-state index in [0.29, 0.717) is 6.42 Å². The van der Waals surface area contributed by atoms with E-state index in [1.54, 1.807) is 0 Å². The minimum atomic E-state index is -1.03. The van der Waals surface area contributed by atoms with Crippen LogP contribution in [0.2, 0.25) is 0 Å². The number of aliphatic hydroxyl groups excluding tert-OH is 1. The topological polar surface area (TPSA) is 66.8 Å². The van der Waals surface area contributed by atoms with E-state index < -0.39 is 18.2 Å². The molecule has 1 aromatic rings. The zero-order valence-corrected chi connectivity index (χ0v) is 9.17. The standard InChI is InChI=1S/C12H16O4/c1-16-11(10(13)8-12(14)15)7-9-5-3-2-4-6-9/h2-6,10-11,13H,7-8H2,1H3,(H,14,15)/t10-,11-/m0/s1. The molecule has 88 valence electrons. The Hall–Kier alpha value is -1.39. The van der Waals surface area contributed by atoms with E-state index in [1.807, 2.05) is 30.3 Å². The summed E-state index contributed by atoms with van der Waals surface area (Å²) in [6.07, 6.45) is -1.27. The Bertz CT molecular complexity index is 323. The van der Waals surface area contributed by atoms with E-state index in [0.717, 1.165) is 5.56 Å². The third-order valence-electron chi connectivity index (χ3n) is 2.40. The molecule has 2 atom stereocenters. The lowest BCUT2D eigenvalue weighted by molar-refractivity contribution is -0.141. The van der Waals surface area contributed by atoms with Crippen molar-refractivity contribution in [2.24, 2.45) is 0 Å². The van der Waals surface area contributed by atoms with E-state index in [1.165, 1.54) is 7.11 Å². The first-order chi connectivity index (χ1) is 7.63. The van der Waals surface area contributed by atoms with E-state index in [-0.39, 0.29) is 6.42 Å². The van der Waals surface area contributed by atoms with Crippen LogP contribution in [0.15, 0.2) is 30.3 Å². The lowest BCUT2D eigenvalue weighted by Crippen LogP contribution is -2.32. The van der Waals surface area contributed by atoms with E-state index in [9.17, 15) is 9.90 Å². The largest absolute Gasteiger partial charge is 0.481 e. The maximum absolute atomic E-state index is 10.5. The van der Waals surface area contributed by atoms with Gasteiger partial charge in [0, 0.05) is 13.5 Å². The zero-order valence-electron chi connectivity index (χ0n) is 9.17. The van der Waals surface area contributed by atoms with Crippen LogP contribution in [0.5, 0.6) is 0 Å². The monoisotopic (exact) mass is 224 g/mol. The van der Waals surface area contributed by atoms with Gasteiger partial charge in [-0.2, -0.15) is 0 Å². The fourth-order valence-electron chi connectivity index (χ4n) is 1.53. The summed E-state index contributed by atoms with van der Waals surface area (Å²) in [6, 6.07) is 9.52. The quantitative estimate of drug-likeness (QED) is 0.758. The van der Waals surface area contributed by atoms with Crippen LogP contribution >= 0.6 is 0 Å². The predicted octanol–water partition coefficient (Wildman–Crippen LogP) is 1.08. The highest BCUT2D eigenvalue weighted by molar-refractivity contribution is 5.67. The zero-order chi connectivity index (χ0) is 12.0. The second-order valence-corrected chi connectivity index (χ2v) is 3.63. The Morgan fingerprint density at radius 2 is 2.00 bits per heavy atom. The molecule has 2 N–H and O–H groups in total. The number of methoxy groups -OCH3 is 1. The summed E-state index contributed by atoms with van der Waals surface area (Å²) in [4.78, 5) is 10.5. The average molecular weight is 224 g/mol. The predicted molar refractivity (Wildman–Crippen MR) is 59.2 cm³/mol. The maximum Gasteiger partial charge on any atom is 0.306 e. The minimum absolute atomic E-state index is 0.300. The number of hydrogen-bond donors (Lipinski definition) is 2. The first-order valence-electron chi connectivity index (χ1n) is 5.10. The molecule has 0 saturated heterocycles. The normalized spacial score (nSPS) is 14.4. The van der Waals surface area contributed by atoms with Crippen molar-refractivity contribution in [2.75, 3.05) is 7.11 Å². The third kappa shape index (κ3) is 4.00. The van der Waals surface area contributed by atoms with Crippen molar-refractivity contribution in [3.05, 3.63) is 35.9 Å². The van der Waals surface area contributed by atoms with E-state index >= 15 is 0 Å². The van der Waals surface area contributed by atoms with Gasteiger partial charge in [-0.15, -0.1) is 0 Å². The Kier molecular flexibility index (Phi) is 4.95. The van der Waals surface area contributed by atoms with Gasteiger partial charge in [0.15, 0.2) is 0 Å². The number of carboxylic acid groups (broad SMARTS) is 1. The van der Waals surface area contributed by atoms with Crippen molar-refractivity contribution in [3.63, 3.8) is 0 Å². The highest BCUT2D eigenvalue weighted by atomic mass is 16.5. The van der Waals surface area contributed by atoms with Crippen LogP contribution in [0.4, 0.5) is 0 Å². The Morgan fingerprint density at radius 3 is 2.50 bits per heavy atom. The minimum Gasteiger partial charge on any atom is -0.481 e. The highest BCUT2D eigenvalue weighted by Gasteiger charge is 2.21. The molecule has 0 spiro atoms. The molecule has 1 aromatic carbocycles. The van der Waals surface area contributed by atoms with Crippen LogP contribution in [0, 0.1) is 0 Å². The highest BCUT2D eigenvalue weighted by Crippen LogP contribution is 2.11. The fraction of sp³-hybridized carbons (Fsp3) is 0.417. The van der Waals surface area contributed by atoms with Crippen LogP contribution in [0.1, 0.15) is 12.0 Å². The van der Waals surface area contributed by atoms with Gasteiger partial charge in [0.25, 0.3) is 0 Å². The number of rotatable bonds is 6. The molecule has 0 bridgehead atoms. The van der Waals surface area contributed by atoms with Gasteiger partial charge in [0.05, 0.1) is 18.6 Å². The van der Waals surface area contributed by atoms with Crippen LogP contribution in [0.3, 0.4) is 0 Å². The maximum atomic E-state index is 10.5. The lowest BCUT2D eigenvalue weighted by Gasteiger charge is -2.20. The van der Waals surface area contributed by atoms with Gasteiger partial charge >= 0.3 is 5.97 Å². The molecule has 0 aromatic heterocycles. The molecule has 0 saturated carbocycles. The molecule has 0 fully saturated rings. The summed E-state index contributed by atoms with van der Waals surface area (Å²) in [5, 5.41) is 18.2. The Balaban J connectivity index is 2.58. The third-order valence-corrected chi connectivity index (χ3v) is 2.40. The molecule has 16 heavy (non-hydrogen) atoms. The van der Waals surface area contributed by atoms with Crippen molar-refractivity contribution >= 4 is 5.97 Å². The van der Waals surface area contributed by atoms with E-state index in [2.05, 4.69) is 0 Å². The molecule has 0 radical (unpaired) electrons. The summed E-state index contributed by atoms with van der Waals surface area (Å²) < 4.78 is 5.10. The van der Waals surface area contributed by atoms with Gasteiger partial charge < -0.3 is 14.9 Å². The Labute approximate surface area is 94.5 Å². The smallest absolute Gasteiger partial charge is 0.306 e. The number of aliphatic hydroxyl groups is 1. The van der Waals surface area contributed by atoms with Gasteiger partial charge in [-0.1, -0.05) is 30.3 Å². The molecule has 1 rings (SSSR count). The van der Waals surface area contributed by atoms with Gasteiger partial charge in [0.2, 0.25) is 0 Å². The van der Waals surface area contributed by atoms with Crippen molar-refractivity contribution < 1.29 is 19.7 Å². The van der Waals surface area contributed by atoms with Gasteiger partial charge in [0.1, 0.15) is 0 Å². The SMILES string of the molecule is CO[C@@H](Cc1ccccc1)[C@@H](O)CC(=O)O. The van der Waals surface area contributed by atoms with Crippen LogP contribution in [0.25, 0.3) is 0 Å². The summed E-state index contributed by atoms with van der Waals surface area (Å²) >= 11 is 0. The summed E-state index contributed by atoms with van der Waals surface area (Å²) in [6.45, 7) is 0. The summed E-state index contributed by atoms with van der Waals surface area (Å²) in [7, 11) is 1.47. The summed E-state index contributed by atoms with van der Waals surface area (Å²) in [5.41, 5.74) is 1.01. The first-order valence-corrected chi connectivity index (χ1v) is 5.10. The van der Waals surface area contributed by atoms with Crippen molar-refractivity contribution in [3.8, 4) is 0 Å². The summed E-state index contributed by atoms with van der Waals surface area (Å²) in [5.74, 6) is -1.03. The van der Waals surface area contributed by atoms with Gasteiger partial charge in [-0.25, -0.2) is 0 Å². The lowest BCUT2D eigenvalue weighted by atomic mass is 10.0. The van der Waals surface area contributed by atoms with Crippen LogP contribution in [-0.4, -0.2) is 35.5 Å². The molecule has 4 nitrogen and oxygen atoms in total. The van der Waals surface area contributed by atoms with E-state index in [4.69, 9.17) is 9.84 Å². The van der Waals surface area contributed by atoms with Crippen molar-refractivity contribution in [2.45, 2.75) is 25.0 Å². The molecular weight excluding hydrogens is 208 g/mol.